The van der Waals surface area contributed by atoms with E-state index in [0.29, 0.717) is 19.6 Å². The molecule has 0 aliphatic carbocycles. The lowest BCUT2D eigenvalue weighted by molar-refractivity contribution is -0.892. The van der Waals surface area contributed by atoms with Gasteiger partial charge in [-0.3, -0.25) is 4.79 Å². The van der Waals surface area contributed by atoms with E-state index in [1.54, 1.807) is 7.11 Å². The summed E-state index contributed by atoms with van der Waals surface area (Å²) in [5.74, 6) is 2.60. The Labute approximate surface area is 177 Å². The van der Waals surface area contributed by atoms with Gasteiger partial charge in [-0.1, -0.05) is 6.07 Å². The van der Waals surface area contributed by atoms with E-state index < -0.39 is 0 Å². The number of piperazine rings is 1. The van der Waals surface area contributed by atoms with Gasteiger partial charge in [0.2, 0.25) is 6.79 Å². The molecule has 0 saturated carbocycles. The first kappa shape index (κ1) is 20.3. The Hall–Kier alpha value is -2.93. The van der Waals surface area contributed by atoms with Crippen molar-refractivity contribution in [3.05, 3.63) is 48.0 Å². The summed E-state index contributed by atoms with van der Waals surface area (Å²) in [6.45, 7) is 7.93. The first-order chi connectivity index (χ1) is 14.7. The van der Waals surface area contributed by atoms with Crippen LogP contribution in [0.4, 0.5) is 5.69 Å². The predicted octanol–water partition coefficient (Wildman–Crippen LogP) is 1.18. The molecular formula is C23H30N3O4+. The summed E-state index contributed by atoms with van der Waals surface area (Å²) in [6, 6.07) is 14.1. The highest BCUT2D eigenvalue weighted by atomic mass is 16.7. The van der Waals surface area contributed by atoms with Gasteiger partial charge in [0.15, 0.2) is 18.0 Å². The first-order valence-electron chi connectivity index (χ1n) is 10.5. The maximum atomic E-state index is 12.9. The summed E-state index contributed by atoms with van der Waals surface area (Å²) < 4.78 is 16.1. The fraction of sp³-hybridized carbons (Fsp3) is 0.435. The Kier molecular flexibility index (Phi) is 6.28. The number of carbonyl (C=O) groups excluding carboxylic acids is 1. The Balaban J connectivity index is 1.28. The van der Waals surface area contributed by atoms with Crippen molar-refractivity contribution in [1.29, 1.82) is 0 Å². The molecule has 0 atom stereocenters. The second-order valence-electron chi connectivity index (χ2n) is 7.71. The van der Waals surface area contributed by atoms with E-state index in [9.17, 15) is 4.79 Å². The summed E-state index contributed by atoms with van der Waals surface area (Å²) in [6.07, 6.45) is 0. The lowest BCUT2D eigenvalue weighted by atomic mass is 10.2. The van der Waals surface area contributed by atoms with E-state index in [4.69, 9.17) is 14.2 Å². The van der Waals surface area contributed by atoms with E-state index in [-0.39, 0.29) is 12.7 Å². The number of fused-ring (bicyclic) bond motifs is 1. The molecule has 30 heavy (non-hydrogen) atoms. The number of amides is 1. The predicted molar refractivity (Wildman–Crippen MR) is 114 cm³/mol. The van der Waals surface area contributed by atoms with Gasteiger partial charge in [-0.2, -0.15) is 0 Å². The fourth-order valence-corrected chi connectivity index (χ4v) is 4.01. The van der Waals surface area contributed by atoms with Gasteiger partial charge < -0.3 is 28.9 Å². The van der Waals surface area contributed by atoms with Gasteiger partial charge in [0.05, 0.1) is 33.3 Å². The Morgan fingerprint density at radius 3 is 2.53 bits per heavy atom. The van der Waals surface area contributed by atoms with Crippen LogP contribution in [0.5, 0.6) is 17.2 Å². The zero-order valence-electron chi connectivity index (χ0n) is 17.7. The molecule has 0 aromatic heterocycles. The maximum absolute atomic E-state index is 12.9. The van der Waals surface area contributed by atoms with E-state index >= 15 is 0 Å². The third-order valence-electron chi connectivity index (χ3n) is 5.85. The molecule has 1 amide bonds. The van der Waals surface area contributed by atoms with Crippen molar-refractivity contribution in [3.63, 3.8) is 0 Å². The molecular weight excluding hydrogens is 382 g/mol. The minimum atomic E-state index is 0.197. The molecule has 2 aromatic rings. The second kappa shape index (κ2) is 9.26. The van der Waals surface area contributed by atoms with E-state index in [0.717, 1.165) is 49.0 Å². The number of quaternary nitrogens is 1. The molecule has 2 aromatic carbocycles. The van der Waals surface area contributed by atoms with Gasteiger partial charge in [0, 0.05) is 18.8 Å². The van der Waals surface area contributed by atoms with Gasteiger partial charge in [-0.25, -0.2) is 0 Å². The second-order valence-corrected chi connectivity index (χ2v) is 7.71. The molecule has 4 rings (SSSR count). The number of carbonyl (C=O) groups is 1. The van der Waals surface area contributed by atoms with Gasteiger partial charge >= 0.3 is 0 Å². The van der Waals surface area contributed by atoms with Crippen molar-refractivity contribution in [2.24, 2.45) is 0 Å². The van der Waals surface area contributed by atoms with E-state index in [2.05, 4.69) is 17.0 Å². The van der Waals surface area contributed by atoms with Gasteiger partial charge in [-0.15, -0.1) is 0 Å². The highest BCUT2D eigenvalue weighted by molar-refractivity contribution is 5.77. The monoisotopic (exact) mass is 412 g/mol. The normalized spacial score (nSPS) is 15.9. The summed E-state index contributed by atoms with van der Waals surface area (Å²) in [7, 11) is 1.68. The quantitative estimate of drug-likeness (QED) is 0.740. The molecule has 0 bridgehead atoms. The smallest absolute Gasteiger partial charge is 0.278 e. The van der Waals surface area contributed by atoms with E-state index in [1.807, 2.05) is 42.2 Å². The zero-order chi connectivity index (χ0) is 20.9. The van der Waals surface area contributed by atoms with Crippen LogP contribution in [-0.4, -0.2) is 64.0 Å². The average Bonchev–Trinajstić information content (AvgIpc) is 3.26. The molecule has 1 saturated heterocycles. The topological polar surface area (TPSA) is 55.7 Å². The summed E-state index contributed by atoms with van der Waals surface area (Å²) in [5.41, 5.74) is 2.27. The minimum absolute atomic E-state index is 0.197. The number of likely N-dealkylation sites (N-methyl/N-ethyl adjacent to an activating group) is 1. The molecule has 2 aliphatic rings. The van der Waals surface area contributed by atoms with Crippen molar-refractivity contribution >= 4 is 11.6 Å². The van der Waals surface area contributed by atoms with Crippen LogP contribution in [0.2, 0.25) is 0 Å². The average molecular weight is 413 g/mol. The van der Waals surface area contributed by atoms with Crippen LogP contribution in [0.15, 0.2) is 42.5 Å². The molecule has 2 heterocycles. The molecule has 0 unspecified atom stereocenters. The molecule has 2 aliphatic heterocycles. The third kappa shape index (κ3) is 4.62. The molecule has 7 heteroatoms. The lowest BCUT2D eigenvalue weighted by Crippen LogP contribution is -3.15. The Morgan fingerprint density at radius 2 is 1.83 bits per heavy atom. The summed E-state index contributed by atoms with van der Waals surface area (Å²) in [5, 5.41) is 0. The molecule has 1 N–H and O–H groups in total. The zero-order valence-corrected chi connectivity index (χ0v) is 17.7. The minimum Gasteiger partial charge on any atom is -0.497 e. The maximum Gasteiger partial charge on any atom is 0.278 e. The highest BCUT2D eigenvalue weighted by Gasteiger charge is 2.25. The molecule has 160 valence electrons. The largest absolute Gasteiger partial charge is 0.497 e. The number of ether oxygens (including phenoxy) is 3. The highest BCUT2D eigenvalue weighted by Crippen LogP contribution is 2.32. The molecule has 0 spiro atoms. The molecule has 7 nitrogen and oxygen atoms in total. The fourth-order valence-electron chi connectivity index (χ4n) is 4.01. The van der Waals surface area contributed by atoms with Gasteiger partial charge in [-0.05, 0) is 48.9 Å². The number of nitrogens with zero attached hydrogens (tertiary/aromatic N) is 2. The summed E-state index contributed by atoms with van der Waals surface area (Å²) >= 11 is 0. The number of nitrogens with one attached hydrogen (secondary N) is 1. The van der Waals surface area contributed by atoms with Crippen molar-refractivity contribution in [3.8, 4) is 17.2 Å². The number of anilines is 1. The Morgan fingerprint density at radius 1 is 1.10 bits per heavy atom. The number of methoxy groups -OCH3 is 1. The molecule has 1 fully saturated rings. The third-order valence-corrected chi connectivity index (χ3v) is 5.85. The van der Waals surface area contributed by atoms with Crippen LogP contribution in [-0.2, 0) is 11.3 Å². The van der Waals surface area contributed by atoms with Crippen molar-refractivity contribution in [1.82, 2.24) is 4.90 Å². The molecule has 0 radical (unpaired) electrons. The van der Waals surface area contributed by atoms with Gasteiger partial charge in [0.1, 0.15) is 5.75 Å². The van der Waals surface area contributed by atoms with E-state index in [1.165, 1.54) is 10.6 Å². The SMILES string of the molecule is CCN(Cc1ccc2c(c1)OCO2)C(=O)C[NH+]1CCN(c2ccc(OC)cc2)CC1. The van der Waals surface area contributed by atoms with Crippen LogP contribution >= 0.6 is 0 Å². The first-order valence-corrected chi connectivity index (χ1v) is 10.5. The number of hydrogen-bond donors (Lipinski definition) is 1. The van der Waals surface area contributed by atoms with Crippen LogP contribution in [0, 0.1) is 0 Å². The standard InChI is InChI=1S/C23H29N3O4/c1-3-25(15-18-4-9-21-22(14-18)30-17-29-21)23(27)16-24-10-12-26(13-11-24)19-5-7-20(28-2)8-6-19/h4-9,14H,3,10-13,15-17H2,1-2H3/p+1. The van der Waals surface area contributed by atoms with Crippen LogP contribution < -0.4 is 24.0 Å². The van der Waals surface area contributed by atoms with Crippen molar-refractivity contribution in [2.45, 2.75) is 13.5 Å². The number of benzene rings is 2. The Bertz CT molecular complexity index is 863. The van der Waals surface area contributed by atoms with Crippen LogP contribution in [0.3, 0.4) is 0 Å². The van der Waals surface area contributed by atoms with Gasteiger partial charge in [0.25, 0.3) is 5.91 Å². The van der Waals surface area contributed by atoms with Crippen LogP contribution in [0.25, 0.3) is 0 Å². The lowest BCUT2D eigenvalue weighted by Gasteiger charge is -2.34. The van der Waals surface area contributed by atoms with Crippen LogP contribution in [0.1, 0.15) is 12.5 Å². The van der Waals surface area contributed by atoms with Crippen molar-refractivity contribution < 1.29 is 23.9 Å². The van der Waals surface area contributed by atoms with Crippen molar-refractivity contribution in [2.75, 3.05) is 58.1 Å². The number of rotatable bonds is 7. The number of hydrogen-bond acceptors (Lipinski definition) is 5. The summed E-state index contributed by atoms with van der Waals surface area (Å²) in [4.78, 5) is 18.6.